The molecule has 0 radical (unpaired) electrons. The van der Waals surface area contributed by atoms with Crippen LogP contribution in [0.15, 0.2) is 18.2 Å². The quantitative estimate of drug-likeness (QED) is 0.738. The van der Waals surface area contributed by atoms with Crippen LogP contribution < -0.4 is 16.8 Å². The number of hydrogen-bond donors (Lipinski definition) is 3. The van der Waals surface area contributed by atoms with Crippen LogP contribution in [0, 0.1) is 6.92 Å². The number of rotatable bonds is 1. The number of nitrogens with two attached hydrogens (primary N) is 2. The molecule has 132 valence electrons. The van der Waals surface area contributed by atoms with Crippen molar-refractivity contribution in [2.24, 2.45) is 5.73 Å². The van der Waals surface area contributed by atoms with Crippen LogP contribution >= 0.6 is 0 Å². The monoisotopic (exact) mass is 339 g/mol. The van der Waals surface area contributed by atoms with Crippen molar-refractivity contribution in [2.75, 3.05) is 17.6 Å². The molecule has 2 atom stereocenters. The molecule has 0 saturated carbocycles. The lowest BCUT2D eigenvalue weighted by Gasteiger charge is -2.35. The summed E-state index contributed by atoms with van der Waals surface area (Å²) in [6.07, 6.45) is 3.09. The van der Waals surface area contributed by atoms with Crippen LogP contribution in [0.5, 0.6) is 0 Å². The van der Waals surface area contributed by atoms with Crippen LogP contribution in [-0.2, 0) is 18.3 Å². The third kappa shape index (κ3) is 2.43. The van der Waals surface area contributed by atoms with E-state index in [9.17, 15) is 4.79 Å². The van der Waals surface area contributed by atoms with E-state index in [4.69, 9.17) is 11.5 Å². The van der Waals surface area contributed by atoms with Crippen LogP contribution in [-0.4, -0.2) is 28.3 Å². The second kappa shape index (κ2) is 5.59. The molecule has 6 nitrogen and oxygen atoms in total. The van der Waals surface area contributed by atoms with E-state index in [0.29, 0.717) is 18.7 Å². The first-order valence-corrected chi connectivity index (χ1v) is 8.92. The number of hydrogen-bond acceptors (Lipinski definition) is 5. The third-order valence-electron chi connectivity index (χ3n) is 5.70. The first kappa shape index (κ1) is 16.1. The van der Waals surface area contributed by atoms with E-state index in [2.05, 4.69) is 22.5 Å². The van der Waals surface area contributed by atoms with Gasteiger partial charge in [0.2, 0.25) is 0 Å². The van der Waals surface area contributed by atoms with Crippen LogP contribution in [0.25, 0.3) is 0 Å². The fraction of sp³-hybridized carbons (Fsp3) is 0.474. The second-order valence-electron chi connectivity index (χ2n) is 7.59. The van der Waals surface area contributed by atoms with Gasteiger partial charge in [0.05, 0.1) is 11.1 Å². The van der Waals surface area contributed by atoms with Crippen LogP contribution in [0.4, 0.5) is 11.5 Å². The van der Waals surface area contributed by atoms with Gasteiger partial charge in [0, 0.05) is 23.8 Å². The average Bonchev–Trinajstić information content (AvgIpc) is 2.91. The maximum absolute atomic E-state index is 13.5. The zero-order chi connectivity index (χ0) is 17.8. The summed E-state index contributed by atoms with van der Waals surface area (Å²) in [6.45, 7) is 4.80. The van der Waals surface area contributed by atoms with Crippen LogP contribution in [0.3, 0.4) is 0 Å². The molecule has 0 bridgehead atoms. The van der Waals surface area contributed by atoms with Crippen LogP contribution in [0.1, 0.15) is 46.9 Å². The Morgan fingerprint density at radius 2 is 2.24 bits per heavy atom. The van der Waals surface area contributed by atoms with Gasteiger partial charge < -0.3 is 16.8 Å². The van der Waals surface area contributed by atoms with E-state index in [1.165, 1.54) is 4.68 Å². The fourth-order valence-corrected chi connectivity index (χ4v) is 4.08. The Morgan fingerprint density at radius 3 is 3.04 bits per heavy atom. The number of aryl methyl sites for hydroxylation is 2. The number of carbonyl (C=O) groups is 1. The minimum absolute atomic E-state index is 0.0543. The number of nitrogens with one attached hydrogen (secondary N) is 1. The van der Waals surface area contributed by atoms with Crippen molar-refractivity contribution < 1.29 is 4.79 Å². The molecule has 2 aliphatic rings. The molecule has 2 aromatic rings. The summed E-state index contributed by atoms with van der Waals surface area (Å²) in [7, 11) is 0. The van der Waals surface area contributed by atoms with E-state index >= 15 is 0 Å². The highest BCUT2D eigenvalue weighted by Gasteiger charge is 2.42. The van der Waals surface area contributed by atoms with Crippen molar-refractivity contribution in [3.63, 3.8) is 0 Å². The average molecular weight is 339 g/mol. The zero-order valence-electron chi connectivity index (χ0n) is 14.8. The van der Waals surface area contributed by atoms with Gasteiger partial charge in [-0.05, 0) is 51.2 Å². The highest BCUT2D eigenvalue weighted by Crippen LogP contribution is 2.39. The molecule has 6 heteroatoms. The van der Waals surface area contributed by atoms with Gasteiger partial charge in [-0.1, -0.05) is 17.7 Å². The number of aromatic nitrogens is 2. The SMILES string of the molecule is Cc1ccc2c(c1)C(C)(C(=O)n1nc3c(c1N)CC(N)CC3)CCN2. The van der Waals surface area contributed by atoms with Gasteiger partial charge in [0.25, 0.3) is 5.91 Å². The topological polar surface area (TPSA) is 99.0 Å². The lowest BCUT2D eigenvalue weighted by Crippen LogP contribution is -2.42. The van der Waals surface area contributed by atoms with Crippen LogP contribution in [0.2, 0.25) is 0 Å². The van der Waals surface area contributed by atoms with Gasteiger partial charge in [-0.25, -0.2) is 0 Å². The Balaban J connectivity index is 1.79. The summed E-state index contributed by atoms with van der Waals surface area (Å²) >= 11 is 0. The van der Waals surface area contributed by atoms with E-state index < -0.39 is 5.41 Å². The van der Waals surface area contributed by atoms with Gasteiger partial charge in [-0.3, -0.25) is 4.79 Å². The largest absolute Gasteiger partial charge is 0.385 e. The highest BCUT2D eigenvalue weighted by atomic mass is 16.2. The predicted molar refractivity (Wildman–Crippen MR) is 98.9 cm³/mol. The molecule has 1 aromatic heterocycles. The molecule has 0 spiro atoms. The molecule has 1 aliphatic heterocycles. The first-order valence-electron chi connectivity index (χ1n) is 8.92. The summed E-state index contributed by atoms with van der Waals surface area (Å²) in [5.74, 6) is 0.408. The Labute approximate surface area is 147 Å². The summed E-state index contributed by atoms with van der Waals surface area (Å²) in [4.78, 5) is 13.5. The maximum Gasteiger partial charge on any atom is 0.259 e. The zero-order valence-corrected chi connectivity index (χ0v) is 14.8. The Kier molecular flexibility index (Phi) is 3.61. The molecular weight excluding hydrogens is 314 g/mol. The van der Waals surface area contributed by atoms with Gasteiger partial charge >= 0.3 is 0 Å². The van der Waals surface area contributed by atoms with Crippen molar-refractivity contribution in [1.29, 1.82) is 0 Å². The van der Waals surface area contributed by atoms with Gasteiger partial charge in [0.1, 0.15) is 5.82 Å². The number of benzene rings is 1. The molecule has 0 saturated heterocycles. The second-order valence-corrected chi connectivity index (χ2v) is 7.59. The van der Waals surface area contributed by atoms with E-state index in [1.807, 2.05) is 19.9 Å². The molecule has 1 aromatic carbocycles. The van der Waals surface area contributed by atoms with Crippen molar-refractivity contribution in [3.8, 4) is 0 Å². The summed E-state index contributed by atoms with van der Waals surface area (Å²) in [5, 5.41) is 7.96. The Bertz CT molecular complexity index is 856. The van der Waals surface area contributed by atoms with Crippen molar-refractivity contribution >= 4 is 17.4 Å². The molecule has 1 aliphatic carbocycles. The molecule has 25 heavy (non-hydrogen) atoms. The summed E-state index contributed by atoms with van der Waals surface area (Å²) < 4.78 is 1.43. The Hall–Kier alpha value is -2.34. The van der Waals surface area contributed by atoms with Gasteiger partial charge in [-0.15, -0.1) is 0 Å². The van der Waals surface area contributed by atoms with Gasteiger partial charge in [-0.2, -0.15) is 9.78 Å². The van der Waals surface area contributed by atoms with Crippen molar-refractivity contribution in [1.82, 2.24) is 9.78 Å². The first-order chi connectivity index (χ1) is 11.9. The molecule has 5 N–H and O–H groups in total. The summed E-state index contributed by atoms with van der Waals surface area (Å²) in [6, 6.07) is 6.30. The minimum atomic E-state index is -0.641. The number of carbonyl (C=O) groups excluding carboxylic acids is 1. The highest BCUT2D eigenvalue weighted by molar-refractivity contribution is 5.94. The Morgan fingerprint density at radius 1 is 1.44 bits per heavy atom. The number of nitrogens with zero attached hydrogens (tertiary/aromatic N) is 2. The van der Waals surface area contributed by atoms with Gasteiger partial charge in [0.15, 0.2) is 0 Å². The third-order valence-corrected chi connectivity index (χ3v) is 5.70. The van der Waals surface area contributed by atoms with Crippen molar-refractivity contribution in [3.05, 3.63) is 40.6 Å². The van der Waals surface area contributed by atoms with E-state index in [0.717, 1.165) is 47.5 Å². The molecule has 4 rings (SSSR count). The number of fused-ring (bicyclic) bond motifs is 2. The number of nitrogen functional groups attached to an aromatic ring is 1. The molecule has 2 heterocycles. The molecular formula is C19H25N5O. The van der Waals surface area contributed by atoms with Crippen molar-refractivity contribution in [2.45, 2.75) is 51.0 Å². The number of anilines is 2. The smallest absolute Gasteiger partial charge is 0.259 e. The molecule has 2 unspecified atom stereocenters. The normalized spacial score (nSPS) is 25.0. The lowest BCUT2D eigenvalue weighted by molar-refractivity contribution is 0.0785. The standard InChI is InChI=1S/C19H25N5O/c1-11-3-5-16-14(9-11)19(2,7-8-22-16)18(25)24-17(21)13-10-12(20)4-6-15(13)23-24/h3,5,9,12,22H,4,6-8,10,20-21H2,1-2H3. The van der Waals surface area contributed by atoms with E-state index in [1.54, 1.807) is 0 Å². The van der Waals surface area contributed by atoms with E-state index in [-0.39, 0.29) is 11.9 Å². The fourth-order valence-electron chi connectivity index (χ4n) is 4.08. The minimum Gasteiger partial charge on any atom is -0.385 e. The lowest BCUT2D eigenvalue weighted by atomic mass is 9.75. The molecule has 0 amide bonds. The summed E-state index contributed by atoms with van der Waals surface area (Å²) in [5.41, 5.74) is 16.8. The maximum atomic E-state index is 13.5. The molecule has 0 fully saturated rings. The predicted octanol–water partition coefficient (Wildman–Crippen LogP) is 2.00.